The molecular weight excluding hydrogens is 360 g/mol. The summed E-state index contributed by atoms with van der Waals surface area (Å²) in [5, 5.41) is 0. The van der Waals surface area contributed by atoms with E-state index in [-0.39, 0.29) is 18.0 Å². The third-order valence-corrected chi connectivity index (χ3v) is 5.71. The van der Waals surface area contributed by atoms with Crippen LogP contribution in [0.25, 0.3) is 0 Å². The highest BCUT2D eigenvalue weighted by molar-refractivity contribution is 6.10. The van der Waals surface area contributed by atoms with Gasteiger partial charge < -0.3 is 9.80 Å². The molecule has 3 rings (SSSR count). The summed E-state index contributed by atoms with van der Waals surface area (Å²) >= 11 is 0. The Bertz CT molecular complexity index is 949. The Kier molecular flexibility index (Phi) is 6.16. The first-order valence-electron chi connectivity index (χ1n) is 10.1. The smallest absolute Gasteiger partial charge is 0.155 e. The Labute approximate surface area is 173 Å². The van der Waals surface area contributed by atoms with Crippen molar-refractivity contribution in [1.29, 1.82) is 0 Å². The summed E-state index contributed by atoms with van der Waals surface area (Å²) in [6.45, 7) is 7.77. The van der Waals surface area contributed by atoms with Gasteiger partial charge in [-0.05, 0) is 50.5 Å². The van der Waals surface area contributed by atoms with Crippen molar-refractivity contribution >= 4 is 22.9 Å². The molecule has 0 radical (unpaired) electrons. The van der Waals surface area contributed by atoms with E-state index in [4.69, 9.17) is 0 Å². The highest BCUT2D eigenvalue weighted by atomic mass is 16.1. The number of aliphatic imine (C=N–C) groups is 1. The minimum absolute atomic E-state index is 0.0573. The van der Waals surface area contributed by atoms with E-state index in [1.807, 2.05) is 25.3 Å². The molecule has 1 aliphatic heterocycles. The number of carbonyl (C=O) groups excluding carboxylic acids is 1. The number of fused-ring (bicyclic) bond motifs is 1. The minimum Gasteiger partial charge on any atom is -0.346 e. The molecular formula is C24H30N4O. The van der Waals surface area contributed by atoms with E-state index in [1.165, 1.54) is 5.56 Å². The molecule has 2 atom stereocenters. The van der Waals surface area contributed by atoms with Crippen LogP contribution in [-0.4, -0.2) is 36.7 Å². The Hall–Kier alpha value is -2.95. The van der Waals surface area contributed by atoms with Crippen molar-refractivity contribution in [3.05, 3.63) is 65.5 Å². The molecule has 2 heterocycles. The average molecular weight is 391 g/mol. The van der Waals surface area contributed by atoms with Gasteiger partial charge in [-0.25, -0.2) is 0 Å². The van der Waals surface area contributed by atoms with Crippen LogP contribution in [-0.2, 0) is 11.2 Å². The number of aryl methyl sites for hydroxylation is 1. The summed E-state index contributed by atoms with van der Waals surface area (Å²) < 4.78 is 0. The van der Waals surface area contributed by atoms with E-state index < -0.39 is 0 Å². The van der Waals surface area contributed by atoms with Gasteiger partial charge >= 0.3 is 0 Å². The zero-order valence-electron chi connectivity index (χ0n) is 18.2. The standard InChI is InChI=1S/C24H30N4O/c1-7-20-14-22-23(15-26-20)27(6)24(21(25-5)13-16(2)18(4)29)28(22)17(3)19-11-9-8-10-12-19/h8-15,17,24H,7H2,1-6H3/b16-13-,25-21?. The van der Waals surface area contributed by atoms with Gasteiger partial charge in [-0.2, -0.15) is 0 Å². The number of anilines is 2. The molecule has 0 saturated carbocycles. The summed E-state index contributed by atoms with van der Waals surface area (Å²) in [5.74, 6) is 0.0573. The fourth-order valence-corrected chi connectivity index (χ4v) is 3.83. The van der Waals surface area contributed by atoms with Gasteiger partial charge in [-0.3, -0.25) is 14.8 Å². The van der Waals surface area contributed by atoms with Gasteiger partial charge in [-0.1, -0.05) is 37.3 Å². The minimum atomic E-state index is -0.117. The second kappa shape index (κ2) is 8.60. The lowest BCUT2D eigenvalue weighted by molar-refractivity contribution is -0.113. The SMILES string of the molecule is CCc1cc2c(cn1)N(C)C(C(/C=C(/C)C(C)=O)=NC)N2C(C)c1ccccc1. The van der Waals surface area contributed by atoms with Crippen LogP contribution in [0.15, 0.2) is 59.2 Å². The van der Waals surface area contributed by atoms with E-state index >= 15 is 0 Å². The molecule has 0 N–H and O–H groups in total. The Morgan fingerprint density at radius 3 is 2.52 bits per heavy atom. The van der Waals surface area contributed by atoms with Crippen LogP contribution < -0.4 is 9.80 Å². The van der Waals surface area contributed by atoms with Gasteiger partial charge in [0, 0.05) is 19.8 Å². The normalized spacial score (nSPS) is 18.1. The fourth-order valence-electron chi connectivity index (χ4n) is 3.83. The van der Waals surface area contributed by atoms with Crippen LogP contribution in [0.5, 0.6) is 0 Å². The number of pyridine rings is 1. The molecule has 1 aromatic heterocycles. The molecule has 29 heavy (non-hydrogen) atoms. The summed E-state index contributed by atoms with van der Waals surface area (Å²) in [7, 11) is 3.85. The molecule has 5 nitrogen and oxygen atoms in total. The Morgan fingerprint density at radius 2 is 1.93 bits per heavy atom. The third-order valence-electron chi connectivity index (χ3n) is 5.71. The van der Waals surface area contributed by atoms with E-state index in [0.717, 1.165) is 29.2 Å². The van der Waals surface area contributed by atoms with Crippen molar-refractivity contribution in [3.8, 4) is 0 Å². The van der Waals surface area contributed by atoms with Crippen molar-refractivity contribution in [1.82, 2.24) is 4.98 Å². The van der Waals surface area contributed by atoms with Gasteiger partial charge in [0.1, 0.15) is 6.17 Å². The molecule has 0 saturated heterocycles. The maximum absolute atomic E-state index is 11.9. The van der Waals surface area contributed by atoms with E-state index in [9.17, 15) is 4.79 Å². The number of nitrogens with zero attached hydrogens (tertiary/aromatic N) is 4. The van der Waals surface area contributed by atoms with Gasteiger partial charge in [-0.15, -0.1) is 0 Å². The summed E-state index contributed by atoms with van der Waals surface area (Å²) in [5.41, 5.74) is 6.08. The maximum Gasteiger partial charge on any atom is 0.155 e. The summed E-state index contributed by atoms with van der Waals surface area (Å²) in [6.07, 6.45) is 4.63. The van der Waals surface area contributed by atoms with Crippen LogP contribution >= 0.6 is 0 Å². The highest BCUT2D eigenvalue weighted by Gasteiger charge is 2.39. The number of hydrogen-bond acceptors (Lipinski definition) is 5. The third kappa shape index (κ3) is 3.95. The molecule has 0 spiro atoms. The van der Waals surface area contributed by atoms with Crippen molar-refractivity contribution in [3.63, 3.8) is 0 Å². The molecule has 0 amide bonds. The second-order valence-electron chi connectivity index (χ2n) is 7.53. The molecule has 0 bridgehead atoms. The van der Waals surface area contributed by atoms with Crippen LogP contribution in [0.3, 0.4) is 0 Å². The largest absolute Gasteiger partial charge is 0.346 e. The molecule has 5 heteroatoms. The number of aromatic nitrogens is 1. The number of Topliss-reactive ketones (excluding diaryl/α,β-unsaturated/α-hetero) is 1. The molecule has 0 aliphatic carbocycles. The lowest BCUT2D eigenvalue weighted by Crippen LogP contribution is -2.48. The quantitative estimate of drug-likeness (QED) is 0.534. The number of carbonyl (C=O) groups is 1. The van der Waals surface area contributed by atoms with E-state index in [0.29, 0.717) is 5.57 Å². The number of hydrogen-bond donors (Lipinski definition) is 0. The predicted molar refractivity (Wildman–Crippen MR) is 121 cm³/mol. The molecule has 152 valence electrons. The number of ketones is 1. The monoisotopic (exact) mass is 390 g/mol. The average Bonchev–Trinajstić information content (AvgIpc) is 3.03. The van der Waals surface area contributed by atoms with E-state index in [1.54, 1.807) is 14.0 Å². The van der Waals surface area contributed by atoms with Crippen LogP contribution in [0.4, 0.5) is 11.4 Å². The van der Waals surface area contributed by atoms with Crippen LogP contribution in [0.1, 0.15) is 45.0 Å². The van der Waals surface area contributed by atoms with E-state index in [2.05, 4.69) is 71.0 Å². The number of benzene rings is 1. The zero-order chi connectivity index (χ0) is 21.1. The Morgan fingerprint density at radius 1 is 1.24 bits per heavy atom. The van der Waals surface area contributed by atoms with Gasteiger partial charge in [0.05, 0.1) is 29.3 Å². The number of rotatable bonds is 6. The van der Waals surface area contributed by atoms with Gasteiger partial charge in [0.15, 0.2) is 5.78 Å². The molecule has 2 unspecified atom stereocenters. The maximum atomic E-state index is 11.9. The summed E-state index contributed by atoms with van der Waals surface area (Å²) in [6, 6.07) is 12.8. The predicted octanol–water partition coefficient (Wildman–Crippen LogP) is 4.59. The molecule has 1 aliphatic rings. The lowest BCUT2D eigenvalue weighted by Gasteiger charge is -2.36. The first-order valence-corrected chi connectivity index (χ1v) is 10.1. The van der Waals surface area contributed by atoms with Crippen molar-refractivity contribution in [2.24, 2.45) is 4.99 Å². The highest BCUT2D eigenvalue weighted by Crippen LogP contribution is 2.44. The van der Waals surface area contributed by atoms with Crippen molar-refractivity contribution in [2.75, 3.05) is 23.9 Å². The summed E-state index contributed by atoms with van der Waals surface area (Å²) in [4.78, 5) is 25.7. The molecule has 0 fully saturated rings. The van der Waals surface area contributed by atoms with Crippen LogP contribution in [0, 0.1) is 0 Å². The number of allylic oxidation sites excluding steroid dienone is 1. The zero-order valence-corrected chi connectivity index (χ0v) is 18.2. The first kappa shape index (κ1) is 20.8. The van der Waals surface area contributed by atoms with Gasteiger partial charge in [0.2, 0.25) is 0 Å². The Balaban J connectivity index is 2.15. The second-order valence-corrected chi connectivity index (χ2v) is 7.53. The fraction of sp³-hybridized carbons (Fsp3) is 0.375. The topological polar surface area (TPSA) is 48.8 Å². The molecule has 1 aromatic carbocycles. The van der Waals surface area contributed by atoms with Crippen molar-refractivity contribution < 1.29 is 4.79 Å². The molecule has 2 aromatic rings. The van der Waals surface area contributed by atoms with Crippen molar-refractivity contribution in [2.45, 2.75) is 46.3 Å². The lowest BCUT2D eigenvalue weighted by atomic mass is 10.0. The van der Waals surface area contributed by atoms with Gasteiger partial charge in [0.25, 0.3) is 0 Å². The van der Waals surface area contributed by atoms with Crippen LogP contribution in [0.2, 0.25) is 0 Å². The first-order chi connectivity index (χ1) is 13.9.